The van der Waals surface area contributed by atoms with E-state index >= 15 is 0 Å². The Morgan fingerprint density at radius 1 is 1.18 bits per heavy atom. The van der Waals surface area contributed by atoms with Crippen molar-refractivity contribution in [2.24, 2.45) is 5.92 Å². The second kappa shape index (κ2) is 10.5. The molecule has 1 saturated heterocycles. The fourth-order valence-corrected chi connectivity index (χ4v) is 4.51. The first-order valence-corrected chi connectivity index (χ1v) is 12.0. The van der Waals surface area contributed by atoms with E-state index in [9.17, 15) is 4.39 Å². The van der Waals surface area contributed by atoms with Gasteiger partial charge in [-0.3, -0.25) is 0 Å². The average molecular weight is 469 g/mol. The molecule has 4 rings (SSSR count). The molecule has 1 aliphatic heterocycles. The van der Waals surface area contributed by atoms with Crippen LogP contribution in [-0.2, 0) is 6.54 Å². The number of para-hydroxylation sites is 2. The van der Waals surface area contributed by atoms with Gasteiger partial charge in [0, 0.05) is 46.3 Å². The number of imidazole rings is 1. The number of aromatic nitrogens is 2. The maximum Gasteiger partial charge on any atom is 0.204 e. The molecule has 1 aromatic heterocycles. The molecule has 0 saturated carbocycles. The largest absolute Gasteiger partial charge is 0.361 e. The zero-order valence-corrected chi connectivity index (χ0v) is 20.4. The minimum Gasteiger partial charge on any atom is -0.361 e. The molecule has 0 amide bonds. The van der Waals surface area contributed by atoms with Crippen LogP contribution in [0.5, 0.6) is 0 Å². The number of fused-ring (bicyclic) bond motifs is 1. The molecule has 3 aromatic rings. The van der Waals surface area contributed by atoms with E-state index in [0.717, 1.165) is 60.3 Å². The van der Waals surface area contributed by atoms with Gasteiger partial charge in [-0.15, -0.1) is 0 Å². The molecule has 0 radical (unpaired) electrons. The highest BCUT2D eigenvalue weighted by Crippen LogP contribution is 2.25. The maximum atomic E-state index is 13.4. The summed E-state index contributed by atoms with van der Waals surface area (Å²) in [5.41, 5.74) is 3.10. The molecule has 8 heteroatoms. The smallest absolute Gasteiger partial charge is 0.204 e. The van der Waals surface area contributed by atoms with Crippen molar-refractivity contribution in [1.82, 2.24) is 24.7 Å². The first kappa shape index (κ1) is 23.4. The summed E-state index contributed by atoms with van der Waals surface area (Å²) in [7, 11) is 3.91. The van der Waals surface area contributed by atoms with Crippen LogP contribution in [0.4, 0.5) is 10.3 Å². The van der Waals surface area contributed by atoms with Crippen molar-refractivity contribution >= 4 is 34.3 Å². The normalized spacial score (nSPS) is 18.9. The lowest BCUT2D eigenvalue weighted by Crippen LogP contribution is -2.48. The number of piperidine rings is 1. The Balaban J connectivity index is 1.42. The Morgan fingerprint density at radius 3 is 2.67 bits per heavy atom. The van der Waals surface area contributed by atoms with Crippen molar-refractivity contribution in [2.45, 2.75) is 25.9 Å². The van der Waals surface area contributed by atoms with E-state index in [4.69, 9.17) is 17.2 Å². The Kier molecular flexibility index (Phi) is 7.45. The monoisotopic (exact) mass is 468 g/mol. The van der Waals surface area contributed by atoms with Gasteiger partial charge in [-0.1, -0.05) is 31.2 Å². The van der Waals surface area contributed by atoms with Crippen LogP contribution in [0.1, 0.15) is 18.9 Å². The van der Waals surface area contributed by atoms with Crippen molar-refractivity contribution in [3.05, 3.63) is 59.9 Å². The zero-order chi connectivity index (χ0) is 23.4. The minimum absolute atomic E-state index is 0.216. The van der Waals surface area contributed by atoms with Gasteiger partial charge in [-0.05, 0) is 54.4 Å². The first-order valence-electron chi connectivity index (χ1n) is 11.5. The molecule has 2 heterocycles. The summed E-state index contributed by atoms with van der Waals surface area (Å²) in [4.78, 5) is 9.31. The van der Waals surface area contributed by atoms with Crippen molar-refractivity contribution in [2.75, 3.05) is 45.6 Å². The van der Waals surface area contributed by atoms with Crippen LogP contribution in [0.15, 0.2) is 48.5 Å². The number of hydrogen-bond donors (Lipinski definition) is 2. The van der Waals surface area contributed by atoms with Gasteiger partial charge >= 0.3 is 0 Å². The lowest BCUT2D eigenvalue weighted by atomic mass is 9.94. The van der Waals surface area contributed by atoms with Crippen LogP contribution in [0.2, 0.25) is 0 Å². The summed E-state index contributed by atoms with van der Waals surface area (Å²) >= 11 is 5.31. The Labute approximate surface area is 200 Å². The predicted octanol–water partition coefficient (Wildman–Crippen LogP) is 3.78. The lowest BCUT2D eigenvalue weighted by Gasteiger charge is -2.37. The third kappa shape index (κ3) is 5.81. The molecular weight excluding hydrogens is 435 g/mol. The van der Waals surface area contributed by atoms with Crippen LogP contribution in [0, 0.1) is 11.7 Å². The second-order valence-corrected chi connectivity index (χ2v) is 9.47. The molecule has 6 nitrogen and oxygen atoms in total. The van der Waals surface area contributed by atoms with Gasteiger partial charge in [0.1, 0.15) is 5.82 Å². The van der Waals surface area contributed by atoms with Crippen LogP contribution in [0.3, 0.4) is 0 Å². The number of likely N-dealkylation sites (tertiary alicyclic amines) is 1. The van der Waals surface area contributed by atoms with Gasteiger partial charge < -0.3 is 25.0 Å². The van der Waals surface area contributed by atoms with Crippen molar-refractivity contribution in [1.29, 1.82) is 0 Å². The summed E-state index contributed by atoms with van der Waals surface area (Å²) in [6, 6.07) is 15.2. The molecule has 176 valence electrons. The first-order chi connectivity index (χ1) is 15.9. The van der Waals surface area contributed by atoms with Gasteiger partial charge in [0.2, 0.25) is 5.95 Å². The Hall–Kier alpha value is -2.71. The average Bonchev–Trinajstić information content (AvgIpc) is 3.14. The van der Waals surface area contributed by atoms with E-state index in [1.807, 2.05) is 49.3 Å². The van der Waals surface area contributed by atoms with Gasteiger partial charge in [-0.25, -0.2) is 9.37 Å². The van der Waals surface area contributed by atoms with E-state index in [2.05, 4.69) is 33.1 Å². The Morgan fingerprint density at radius 2 is 1.94 bits per heavy atom. The molecular formula is C25H33FN6S. The quantitative estimate of drug-likeness (QED) is 0.515. The number of hydrogen-bond acceptors (Lipinski definition) is 4. The van der Waals surface area contributed by atoms with Crippen molar-refractivity contribution in [3.8, 4) is 0 Å². The molecule has 33 heavy (non-hydrogen) atoms. The molecule has 2 N–H and O–H groups in total. The molecule has 0 bridgehead atoms. The predicted molar refractivity (Wildman–Crippen MR) is 137 cm³/mol. The van der Waals surface area contributed by atoms with Gasteiger partial charge in [0.05, 0.1) is 17.6 Å². The number of benzene rings is 2. The molecule has 1 fully saturated rings. The summed E-state index contributed by atoms with van der Waals surface area (Å²) in [5, 5.41) is 7.82. The van der Waals surface area contributed by atoms with E-state index in [1.54, 1.807) is 0 Å². The SMILES string of the molecule is C[C@@H]1CN(CCNC(=S)N(C)C)CC[C@@H]1Nc1nc2ccccc2n1Cc1ccc(F)cc1. The van der Waals surface area contributed by atoms with E-state index in [-0.39, 0.29) is 5.82 Å². The highest BCUT2D eigenvalue weighted by Gasteiger charge is 2.27. The molecule has 0 spiro atoms. The van der Waals surface area contributed by atoms with Gasteiger partial charge in [0.25, 0.3) is 0 Å². The van der Waals surface area contributed by atoms with Crippen molar-refractivity contribution in [3.63, 3.8) is 0 Å². The summed E-state index contributed by atoms with van der Waals surface area (Å²) in [5.74, 6) is 1.15. The molecule has 2 aromatic carbocycles. The number of thiocarbonyl (C=S) groups is 1. The van der Waals surface area contributed by atoms with E-state index in [1.165, 1.54) is 12.1 Å². The summed E-state index contributed by atoms with van der Waals surface area (Å²) in [6.45, 7) is 6.86. The standard InChI is InChI=1S/C25H33FN6S/c1-18-16-31(15-13-27-25(33)30(2)3)14-12-21(18)28-24-29-22-6-4-5-7-23(22)32(24)17-19-8-10-20(26)11-9-19/h4-11,18,21H,12-17H2,1-3H3,(H,27,33)(H,28,29)/t18-,21+/m1/s1. The highest BCUT2D eigenvalue weighted by atomic mass is 32.1. The van der Waals surface area contributed by atoms with Crippen LogP contribution in [-0.4, -0.2) is 70.8 Å². The number of anilines is 1. The van der Waals surface area contributed by atoms with Gasteiger partial charge in [0.15, 0.2) is 5.11 Å². The third-order valence-corrected chi connectivity index (χ3v) is 6.83. The van der Waals surface area contributed by atoms with E-state index < -0.39 is 0 Å². The fraction of sp³-hybridized carbons (Fsp3) is 0.440. The highest BCUT2D eigenvalue weighted by molar-refractivity contribution is 7.80. The van der Waals surface area contributed by atoms with Gasteiger partial charge in [-0.2, -0.15) is 0 Å². The lowest BCUT2D eigenvalue weighted by molar-refractivity contribution is 0.174. The van der Waals surface area contributed by atoms with Crippen LogP contribution < -0.4 is 10.6 Å². The Bertz CT molecular complexity index is 1080. The second-order valence-electron chi connectivity index (χ2n) is 9.08. The zero-order valence-electron chi connectivity index (χ0n) is 19.6. The number of rotatable bonds is 7. The van der Waals surface area contributed by atoms with Crippen LogP contribution >= 0.6 is 12.2 Å². The number of nitrogens with zero attached hydrogens (tertiary/aromatic N) is 4. The van der Waals surface area contributed by atoms with Crippen LogP contribution in [0.25, 0.3) is 11.0 Å². The summed E-state index contributed by atoms with van der Waals surface area (Å²) < 4.78 is 15.6. The maximum absolute atomic E-state index is 13.4. The molecule has 0 aliphatic carbocycles. The molecule has 0 unspecified atom stereocenters. The number of halogens is 1. The molecule has 2 atom stereocenters. The minimum atomic E-state index is -0.216. The number of nitrogens with one attached hydrogen (secondary N) is 2. The summed E-state index contributed by atoms with van der Waals surface area (Å²) in [6.07, 6.45) is 1.05. The topological polar surface area (TPSA) is 48.4 Å². The third-order valence-electron chi connectivity index (χ3n) is 6.32. The molecule has 1 aliphatic rings. The fourth-order valence-electron chi connectivity index (χ4n) is 4.41. The van der Waals surface area contributed by atoms with Crippen molar-refractivity contribution < 1.29 is 4.39 Å². The van der Waals surface area contributed by atoms with E-state index in [0.29, 0.717) is 18.5 Å².